The van der Waals surface area contributed by atoms with Gasteiger partial charge < -0.3 is 15.0 Å². The number of nitrogens with zero attached hydrogens (tertiary/aromatic N) is 3. The molecule has 1 atom stereocenters. The van der Waals surface area contributed by atoms with Crippen molar-refractivity contribution in [2.45, 2.75) is 6.42 Å². The van der Waals surface area contributed by atoms with E-state index in [9.17, 15) is 19.7 Å². The minimum absolute atomic E-state index is 0.0529. The number of hydrogen-bond donors (Lipinski definition) is 1. The molecule has 0 radical (unpaired) electrons. The van der Waals surface area contributed by atoms with Crippen molar-refractivity contribution in [3.05, 3.63) is 39.9 Å². The van der Waals surface area contributed by atoms with Crippen molar-refractivity contribution in [2.75, 3.05) is 23.9 Å². The summed E-state index contributed by atoms with van der Waals surface area (Å²) in [6.45, 7) is 0.171. The third-order valence-corrected chi connectivity index (χ3v) is 4.51. The van der Waals surface area contributed by atoms with E-state index < -0.39 is 10.8 Å². The van der Waals surface area contributed by atoms with Gasteiger partial charge in [-0.05, 0) is 6.07 Å². The van der Waals surface area contributed by atoms with Gasteiger partial charge in [-0.3, -0.25) is 19.7 Å². The molecular formula is C15H14N4O5S. The van der Waals surface area contributed by atoms with Gasteiger partial charge in [0.1, 0.15) is 5.75 Å². The number of non-ortho nitro benzene ring substituents is 1. The third kappa shape index (κ3) is 3.43. The van der Waals surface area contributed by atoms with Gasteiger partial charge in [-0.1, -0.05) is 0 Å². The van der Waals surface area contributed by atoms with Gasteiger partial charge in [-0.25, -0.2) is 4.98 Å². The Morgan fingerprint density at radius 1 is 1.52 bits per heavy atom. The Bertz CT molecular complexity index is 823. The summed E-state index contributed by atoms with van der Waals surface area (Å²) in [5.41, 5.74) is 0.271. The van der Waals surface area contributed by atoms with Crippen LogP contribution in [0.25, 0.3) is 0 Å². The summed E-state index contributed by atoms with van der Waals surface area (Å²) < 4.78 is 5.17. The average molecular weight is 362 g/mol. The molecule has 0 spiro atoms. The molecule has 0 unspecified atom stereocenters. The van der Waals surface area contributed by atoms with Crippen molar-refractivity contribution < 1.29 is 19.2 Å². The maximum atomic E-state index is 12.3. The molecule has 0 aliphatic carbocycles. The molecule has 1 saturated heterocycles. The van der Waals surface area contributed by atoms with E-state index in [1.807, 2.05) is 0 Å². The summed E-state index contributed by atoms with van der Waals surface area (Å²) in [4.78, 5) is 40.3. The number of benzene rings is 1. The standard InChI is InChI=1S/C15H14N4O5S/c1-24-12-7-10(19(22)23)2-3-11(12)18-8-9(6-13(18)20)14(21)17-15-16-4-5-25-15/h2-5,7,9H,6,8H2,1H3,(H,16,17,21)/t9-/m0/s1. The van der Waals surface area contributed by atoms with Gasteiger partial charge in [-0.15, -0.1) is 11.3 Å². The van der Waals surface area contributed by atoms with Crippen LogP contribution in [-0.4, -0.2) is 35.4 Å². The minimum atomic E-state index is -0.539. The van der Waals surface area contributed by atoms with Gasteiger partial charge in [0, 0.05) is 30.6 Å². The summed E-state index contributed by atoms with van der Waals surface area (Å²) in [5, 5.41) is 15.8. The van der Waals surface area contributed by atoms with Crippen molar-refractivity contribution in [3.63, 3.8) is 0 Å². The van der Waals surface area contributed by atoms with E-state index in [1.165, 1.54) is 41.5 Å². The van der Waals surface area contributed by atoms with Crippen LogP contribution in [0.5, 0.6) is 5.75 Å². The molecule has 1 N–H and O–H groups in total. The fraction of sp³-hybridized carbons (Fsp3) is 0.267. The highest BCUT2D eigenvalue weighted by molar-refractivity contribution is 7.13. The van der Waals surface area contributed by atoms with Gasteiger partial charge in [0.15, 0.2) is 5.13 Å². The first-order valence-electron chi connectivity index (χ1n) is 7.32. The zero-order valence-electron chi connectivity index (χ0n) is 13.2. The number of thiazole rings is 1. The number of nitro benzene ring substituents is 1. The molecular weight excluding hydrogens is 348 g/mol. The Balaban J connectivity index is 1.78. The molecule has 1 aliphatic rings. The number of nitrogens with one attached hydrogen (secondary N) is 1. The topological polar surface area (TPSA) is 115 Å². The molecule has 2 heterocycles. The van der Waals surface area contributed by atoms with E-state index in [0.717, 1.165) is 0 Å². The van der Waals surface area contributed by atoms with Gasteiger partial charge in [0.2, 0.25) is 11.8 Å². The molecule has 2 aromatic rings. The van der Waals surface area contributed by atoms with E-state index in [-0.39, 0.29) is 36.2 Å². The highest BCUT2D eigenvalue weighted by atomic mass is 32.1. The van der Waals surface area contributed by atoms with Crippen molar-refractivity contribution in [2.24, 2.45) is 5.92 Å². The Kier molecular flexibility index (Phi) is 4.61. The van der Waals surface area contributed by atoms with Crippen molar-refractivity contribution in [1.82, 2.24) is 4.98 Å². The summed E-state index contributed by atoms with van der Waals surface area (Å²) >= 11 is 1.29. The zero-order valence-corrected chi connectivity index (χ0v) is 14.0. The van der Waals surface area contributed by atoms with Gasteiger partial charge in [-0.2, -0.15) is 0 Å². The second-order valence-corrected chi connectivity index (χ2v) is 6.24. The number of carbonyl (C=O) groups is 2. The monoisotopic (exact) mass is 362 g/mol. The molecule has 3 rings (SSSR count). The highest BCUT2D eigenvalue weighted by Gasteiger charge is 2.36. The summed E-state index contributed by atoms with van der Waals surface area (Å²) in [6, 6.07) is 4.01. The minimum Gasteiger partial charge on any atom is -0.494 e. The van der Waals surface area contributed by atoms with E-state index in [2.05, 4.69) is 10.3 Å². The number of carbonyl (C=O) groups excluding carboxylic acids is 2. The Morgan fingerprint density at radius 2 is 2.32 bits per heavy atom. The Hall–Kier alpha value is -3.01. The van der Waals surface area contributed by atoms with Crippen LogP contribution in [0.1, 0.15) is 6.42 Å². The summed E-state index contributed by atoms with van der Waals surface area (Å²) in [6.07, 6.45) is 1.63. The SMILES string of the molecule is COc1cc([N+](=O)[O-])ccc1N1C[C@@H](C(=O)Nc2nccs2)CC1=O. The van der Waals surface area contributed by atoms with Gasteiger partial charge in [0.25, 0.3) is 5.69 Å². The van der Waals surface area contributed by atoms with Gasteiger partial charge in [0.05, 0.1) is 29.7 Å². The van der Waals surface area contributed by atoms with Crippen molar-refractivity contribution >= 4 is 39.7 Å². The number of rotatable bonds is 5. The van der Waals surface area contributed by atoms with Gasteiger partial charge >= 0.3 is 0 Å². The van der Waals surface area contributed by atoms with Crippen LogP contribution in [0.2, 0.25) is 0 Å². The molecule has 0 saturated carbocycles. The molecule has 0 bridgehead atoms. The van der Waals surface area contributed by atoms with E-state index in [1.54, 1.807) is 11.6 Å². The molecule has 1 aromatic carbocycles. The van der Waals surface area contributed by atoms with E-state index in [4.69, 9.17) is 4.74 Å². The zero-order chi connectivity index (χ0) is 18.0. The number of nitro groups is 1. The smallest absolute Gasteiger partial charge is 0.273 e. The van der Waals surface area contributed by atoms with Crippen LogP contribution in [0.15, 0.2) is 29.8 Å². The number of anilines is 2. The highest BCUT2D eigenvalue weighted by Crippen LogP contribution is 2.36. The predicted octanol–water partition coefficient (Wildman–Crippen LogP) is 2.05. The van der Waals surface area contributed by atoms with Crippen molar-refractivity contribution in [1.29, 1.82) is 0 Å². The summed E-state index contributed by atoms with van der Waals surface area (Å²) in [5.74, 6) is -0.849. The molecule has 1 aliphatic heterocycles. The number of methoxy groups -OCH3 is 1. The average Bonchev–Trinajstić information content (AvgIpc) is 3.23. The molecule has 1 aromatic heterocycles. The van der Waals surface area contributed by atoms with Crippen LogP contribution in [-0.2, 0) is 9.59 Å². The maximum absolute atomic E-state index is 12.3. The largest absolute Gasteiger partial charge is 0.494 e. The molecule has 10 heteroatoms. The number of amides is 2. The number of ether oxygens (including phenoxy) is 1. The lowest BCUT2D eigenvalue weighted by molar-refractivity contribution is -0.384. The normalized spacial score (nSPS) is 16.8. The third-order valence-electron chi connectivity index (χ3n) is 3.82. The first-order valence-corrected chi connectivity index (χ1v) is 8.20. The molecule has 2 amide bonds. The molecule has 130 valence electrons. The lowest BCUT2D eigenvalue weighted by atomic mass is 10.1. The summed E-state index contributed by atoms with van der Waals surface area (Å²) in [7, 11) is 1.37. The predicted molar refractivity (Wildman–Crippen MR) is 90.9 cm³/mol. The van der Waals surface area contributed by atoms with Crippen molar-refractivity contribution in [3.8, 4) is 5.75 Å². The molecule has 25 heavy (non-hydrogen) atoms. The second-order valence-electron chi connectivity index (χ2n) is 5.35. The fourth-order valence-corrected chi connectivity index (χ4v) is 3.14. The lowest BCUT2D eigenvalue weighted by Crippen LogP contribution is -2.28. The van der Waals surface area contributed by atoms with Crippen LogP contribution in [0, 0.1) is 16.0 Å². The van der Waals surface area contributed by atoms with Crippen LogP contribution >= 0.6 is 11.3 Å². The van der Waals surface area contributed by atoms with Crippen LogP contribution in [0.4, 0.5) is 16.5 Å². The lowest BCUT2D eigenvalue weighted by Gasteiger charge is -2.19. The fourth-order valence-electron chi connectivity index (χ4n) is 2.61. The number of aromatic nitrogens is 1. The Morgan fingerprint density at radius 3 is 2.96 bits per heavy atom. The van der Waals surface area contributed by atoms with E-state index >= 15 is 0 Å². The van der Waals surface area contributed by atoms with Crippen LogP contribution < -0.4 is 15.0 Å². The van der Waals surface area contributed by atoms with E-state index in [0.29, 0.717) is 10.8 Å². The second kappa shape index (κ2) is 6.85. The molecule has 9 nitrogen and oxygen atoms in total. The number of hydrogen-bond acceptors (Lipinski definition) is 7. The Labute approximate surface area is 146 Å². The van der Waals surface area contributed by atoms with Crippen LogP contribution in [0.3, 0.4) is 0 Å². The first-order chi connectivity index (χ1) is 12.0. The first kappa shape index (κ1) is 16.8. The quantitative estimate of drug-likeness (QED) is 0.643. The molecule has 1 fully saturated rings. The maximum Gasteiger partial charge on any atom is 0.273 e.